The first-order valence-corrected chi connectivity index (χ1v) is 9.95. The minimum atomic E-state index is -0.694. The lowest BCUT2D eigenvalue weighted by atomic mass is 10.1. The summed E-state index contributed by atoms with van der Waals surface area (Å²) in [6.45, 7) is 4.38. The molecule has 0 bridgehead atoms. The minimum absolute atomic E-state index is 0.0597. The molecule has 2 aromatic carbocycles. The predicted octanol–water partition coefficient (Wildman–Crippen LogP) is 3.20. The van der Waals surface area contributed by atoms with Gasteiger partial charge in [0.1, 0.15) is 5.75 Å². The van der Waals surface area contributed by atoms with Crippen LogP contribution in [0.5, 0.6) is 23.0 Å². The zero-order valence-corrected chi connectivity index (χ0v) is 18.6. The number of ether oxygens (including phenoxy) is 1. The van der Waals surface area contributed by atoms with E-state index in [1.54, 1.807) is 19.2 Å². The molecule has 0 aliphatic heterocycles. The Morgan fingerprint density at radius 2 is 1.90 bits per heavy atom. The van der Waals surface area contributed by atoms with E-state index in [0.29, 0.717) is 17.9 Å². The Hall–Kier alpha value is -3.53. The average Bonchev–Trinajstić information content (AvgIpc) is 2.98. The van der Waals surface area contributed by atoms with Crippen LogP contribution >= 0.6 is 15.9 Å². The highest BCUT2D eigenvalue weighted by Crippen LogP contribution is 2.35. The van der Waals surface area contributed by atoms with Crippen molar-refractivity contribution in [2.45, 2.75) is 20.4 Å². The van der Waals surface area contributed by atoms with Gasteiger partial charge in [-0.3, -0.25) is 9.48 Å². The quantitative estimate of drug-likeness (QED) is 0.239. The van der Waals surface area contributed by atoms with Gasteiger partial charge in [0, 0.05) is 11.1 Å². The van der Waals surface area contributed by atoms with E-state index in [-0.39, 0.29) is 5.56 Å². The summed E-state index contributed by atoms with van der Waals surface area (Å²) < 4.78 is 8.27. The number of carbonyl (C=O) groups excluding carboxylic acids is 1. The van der Waals surface area contributed by atoms with Crippen molar-refractivity contribution in [2.24, 2.45) is 5.10 Å². The van der Waals surface area contributed by atoms with Gasteiger partial charge in [0.2, 0.25) is 0 Å². The fraction of sp³-hybridized carbons (Fsp3) is 0.190. The fourth-order valence-electron chi connectivity index (χ4n) is 2.96. The van der Waals surface area contributed by atoms with E-state index in [1.807, 2.05) is 24.6 Å². The standard InChI is InChI=1S/C21H21BrN4O5/c1-11-19(22)12(2)26(25-11)10-15-6-13(4-5-18(15)31-3)9-23-24-21(30)14-7-16(27)20(29)17(28)8-14/h4-9,27-29H,10H2,1-3H3,(H,24,30). The number of rotatable bonds is 6. The van der Waals surface area contributed by atoms with Gasteiger partial charge in [-0.1, -0.05) is 0 Å². The van der Waals surface area contributed by atoms with E-state index in [4.69, 9.17) is 4.74 Å². The Labute approximate surface area is 186 Å². The van der Waals surface area contributed by atoms with Gasteiger partial charge in [-0.15, -0.1) is 0 Å². The lowest BCUT2D eigenvalue weighted by Gasteiger charge is -2.11. The van der Waals surface area contributed by atoms with Crippen LogP contribution in [0.3, 0.4) is 0 Å². The average molecular weight is 489 g/mol. The van der Waals surface area contributed by atoms with Crippen LogP contribution in [0.1, 0.15) is 32.9 Å². The van der Waals surface area contributed by atoms with E-state index < -0.39 is 23.2 Å². The molecule has 1 aromatic heterocycles. The molecule has 162 valence electrons. The lowest BCUT2D eigenvalue weighted by molar-refractivity contribution is 0.0954. The molecule has 9 nitrogen and oxygen atoms in total. The van der Waals surface area contributed by atoms with Gasteiger partial charge in [0.25, 0.3) is 5.91 Å². The summed E-state index contributed by atoms with van der Waals surface area (Å²) in [7, 11) is 1.59. The number of nitrogens with zero attached hydrogens (tertiary/aromatic N) is 3. The Morgan fingerprint density at radius 3 is 2.48 bits per heavy atom. The third-order valence-electron chi connectivity index (χ3n) is 4.63. The maximum atomic E-state index is 12.2. The maximum Gasteiger partial charge on any atom is 0.271 e. The molecule has 1 amide bonds. The van der Waals surface area contributed by atoms with Crippen LogP contribution in [-0.4, -0.2) is 44.3 Å². The number of methoxy groups -OCH3 is 1. The van der Waals surface area contributed by atoms with Gasteiger partial charge in [-0.05, 0) is 65.7 Å². The number of hydrogen-bond donors (Lipinski definition) is 4. The highest BCUT2D eigenvalue weighted by molar-refractivity contribution is 9.10. The van der Waals surface area contributed by atoms with Crippen LogP contribution in [0.4, 0.5) is 0 Å². The third kappa shape index (κ3) is 4.80. The van der Waals surface area contributed by atoms with Gasteiger partial charge in [0.15, 0.2) is 17.2 Å². The first kappa shape index (κ1) is 22.2. The van der Waals surface area contributed by atoms with Crippen LogP contribution in [0.2, 0.25) is 0 Å². The topological polar surface area (TPSA) is 129 Å². The molecular weight excluding hydrogens is 468 g/mol. The molecule has 4 N–H and O–H groups in total. The number of amides is 1. The number of benzene rings is 2. The number of halogens is 1. The second kappa shape index (κ2) is 9.09. The van der Waals surface area contributed by atoms with Crippen LogP contribution < -0.4 is 10.2 Å². The van der Waals surface area contributed by atoms with Gasteiger partial charge >= 0.3 is 0 Å². The largest absolute Gasteiger partial charge is 0.504 e. The zero-order valence-electron chi connectivity index (χ0n) is 17.0. The van der Waals surface area contributed by atoms with Gasteiger partial charge in [-0.2, -0.15) is 10.2 Å². The fourth-order valence-corrected chi connectivity index (χ4v) is 3.24. The number of aromatic nitrogens is 2. The number of hydrogen-bond acceptors (Lipinski definition) is 7. The van der Waals surface area contributed by atoms with Crippen molar-refractivity contribution >= 4 is 28.1 Å². The van der Waals surface area contributed by atoms with Crippen LogP contribution in [-0.2, 0) is 6.54 Å². The van der Waals surface area contributed by atoms with Crippen molar-refractivity contribution in [3.05, 3.63) is 62.9 Å². The zero-order chi connectivity index (χ0) is 22.7. The van der Waals surface area contributed by atoms with Crippen molar-refractivity contribution in [1.82, 2.24) is 15.2 Å². The van der Waals surface area contributed by atoms with E-state index >= 15 is 0 Å². The smallest absolute Gasteiger partial charge is 0.271 e. The molecule has 0 aliphatic rings. The molecule has 1 heterocycles. The Morgan fingerprint density at radius 1 is 1.23 bits per heavy atom. The molecule has 0 spiro atoms. The molecule has 0 saturated carbocycles. The summed E-state index contributed by atoms with van der Waals surface area (Å²) in [5.41, 5.74) is 5.73. The van der Waals surface area contributed by atoms with Crippen LogP contribution in [0, 0.1) is 13.8 Å². The van der Waals surface area contributed by atoms with Gasteiger partial charge in [0.05, 0.1) is 35.7 Å². The lowest BCUT2D eigenvalue weighted by Crippen LogP contribution is -2.17. The first-order chi connectivity index (χ1) is 14.7. The summed E-state index contributed by atoms with van der Waals surface area (Å²) in [5.74, 6) is -1.88. The number of hydrazone groups is 1. The summed E-state index contributed by atoms with van der Waals surface area (Å²) in [4.78, 5) is 12.2. The molecule has 10 heteroatoms. The van der Waals surface area contributed by atoms with Crippen molar-refractivity contribution < 1.29 is 24.9 Å². The summed E-state index contributed by atoms with van der Waals surface area (Å²) in [6, 6.07) is 7.51. The van der Waals surface area contributed by atoms with Crippen molar-refractivity contribution in [3.63, 3.8) is 0 Å². The second-order valence-corrected chi connectivity index (χ2v) is 7.57. The minimum Gasteiger partial charge on any atom is -0.504 e. The first-order valence-electron chi connectivity index (χ1n) is 9.16. The highest BCUT2D eigenvalue weighted by Gasteiger charge is 2.14. The number of carbonyl (C=O) groups is 1. The molecule has 0 saturated heterocycles. The third-order valence-corrected chi connectivity index (χ3v) is 5.78. The van der Waals surface area contributed by atoms with E-state index in [9.17, 15) is 20.1 Å². The molecule has 0 unspecified atom stereocenters. The Balaban J connectivity index is 1.77. The van der Waals surface area contributed by atoms with Crippen molar-refractivity contribution in [1.29, 1.82) is 0 Å². The number of aromatic hydroxyl groups is 3. The number of phenols is 3. The molecule has 3 rings (SSSR count). The van der Waals surface area contributed by atoms with E-state index in [1.165, 1.54) is 6.21 Å². The molecule has 3 aromatic rings. The second-order valence-electron chi connectivity index (χ2n) is 6.78. The van der Waals surface area contributed by atoms with Crippen molar-refractivity contribution in [2.75, 3.05) is 7.11 Å². The molecule has 0 radical (unpaired) electrons. The summed E-state index contributed by atoms with van der Waals surface area (Å²) >= 11 is 3.52. The number of aryl methyl sites for hydroxylation is 1. The Kier molecular flexibility index (Phi) is 6.50. The molecule has 31 heavy (non-hydrogen) atoms. The predicted molar refractivity (Wildman–Crippen MR) is 118 cm³/mol. The van der Waals surface area contributed by atoms with Crippen LogP contribution in [0.25, 0.3) is 0 Å². The van der Waals surface area contributed by atoms with Crippen LogP contribution in [0.15, 0.2) is 39.9 Å². The molecule has 0 fully saturated rings. The molecule has 0 atom stereocenters. The van der Waals surface area contributed by atoms with Gasteiger partial charge in [-0.25, -0.2) is 5.43 Å². The van der Waals surface area contributed by atoms with E-state index in [2.05, 4.69) is 31.6 Å². The number of nitrogens with one attached hydrogen (secondary N) is 1. The maximum absolute atomic E-state index is 12.2. The highest BCUT2D eigenvalue weighted by atomic mass is 79.9. The van der Waals surface area contributed by atoms with Crippen molar-refractivity contribution in [3.8, 4) is 23.0 Å². The summed E-state index contributed by atoms with van der Waals surface area (Å²) in [5, 5.41) is 36.8. The molecule has 0 aliphatic carbocycles. The van der Waals surface area contributed by atoms with E-state index in [0.717, 1.165) is 33.6 Å². The SMILES string of the molecule is COc1ccc(C=NNC(=O)c2cc(O)c(O)c(O)c2)cc1Cn1nc(C)c(Br)c1C. The monoisotopic (exact) mass is 488 g/mol. The molecular formula is C21H21BrN4O5. The van der Waals surface area contributed by atoms with Gasteiger partial charge < -0.3 is 20.1 Å². The number of phenolic OH excluding ortho intramolecular Hbond substituents is 3. The Bertz CT molecular complexity index is 1150. The normalized spacial score (nSPS) is 11.1. The summed E-state index contributed by atoms with van der Waals surface area (Å²) in [6.07, 6.45) is 1.46.